The van der Waals surface area contributed by atoms with Gasteiger partial charge in [0.15, 0.2) is 0 Å². The van der Waals surface area contributed by atoms with Crippen LogP contribution < -0.4 is 5.73 Å². The van der Waals surface area contributed by atoms with Crippen molar-refractivity contribution in [2.45, 2.75) is 13.8 Å². The zero-order valence-corrected chi connectivity index (χ0v) is 8.10. The molecule has 0 aromatic carbocycles. The molecule has 2 heterocycles. The van der Waals surface area contributed by atoms with Crippen LogP contribution in [0.4, 0.5) is 5.95 Å². The van der Waals surface area contributed by atoms with Crippen LogP contribution in [0.25, 0.3) is 5.82 Å². The third-order valence-electron chi connectivity index (χ3n) is 2.16. The molecule has 5 nitrogen and oxygen atoms in total. The lowest BCUT2D eigenvalue weighted by molar-refractivity contribution is 0.940. The maximum atomic E-state index is 5.50. The van der Waals surface area contributed by atoms with E-state index in [1.165, 1.54) is 0 Å². The van der Waals surface area contributed by atoms with Crippen LogP contribution >= 0.6 is 0 Å². The lowest BCUT2D eigenvalue weighted by Gasteiger charge is -2.03. The molecule has 0 atom stereocenters. The topological polar surface area (TPSA) is 69.6 Å². The predicted octanol–water partition coefficient (Wildman–Crippen LogP) is 0.861. The van der Waals surface area contributed by atoms with Crippen molar-refractivity contribution in [1.29, 1.82) is 0 Å². The van der Waals surface area contributed by atoms with Gasteiger partial charge in [-0.25, -0.2) is 9.97 Å². The smallest absolute Gasteiger partial charge is 0.221 e. The fourth-order valence-corrected chi connectivity index (χ4v) is 1.23. The van der Waals surface area contributed by atoms with Gasteiger partial charge in [-0.2, -0.15) is 4.98 Å². The molecule has 0 bridgehead atoms. The van der Waals surface area contributed by atoms with Crippen LogP contribution in [0.3, 0.4) is 0 Å². The lowest BCUT2D eigenvalue weighted by Crippen LogP contribution is -2.02. The van der Waals surface area contributed by atoms with Gasteiger partial charge in [0, 0.05) is 11.9 Å². The minimum absolute atomic E-state index is 0.272. The zero-order chi connectivity index (χ0) is 10.1. The summed E-state index contributed by atoms with van der Waals surface area (Å²) < 4.78 is 1.88. The van der Waals surface area contributed by atoms with Gasteiger partial charge in [0.25, 0.3) is 0 Å². The average molecular weight is 189 g/mol. The molecule has 0 aliphatic rings. The Labute approximate surface area is 81.6 Å². The predicted molar refractivity (Wildman–Crippen MR) is 53.0 cm³/mol. The van der Waals surface area contributed by atoms with Gasteiger partial charge >= 0.3 is 0 Å². The van der Waals surface area contributed by atoms with Gasteiger partial charge in [-0.1, -0.05) is 0 Å². The SMILES string of the molecule is Cc1ncn(-c2ccnc(N)n2)c1C. The first-order chi connectivity index (χ1) is 6.68. The van der Waals surface area contributed by atoms with E-state index in [0.717, 1.165) is 17.2 Å². The van der Waals surface area contributed by atoms with E-state index >= 15 is 0 Å². The first kappa shape index (κ1) is 8.68. The highest BCUT2D eigenvalue weighted by Gasteiger charge is 2.05. The van der Waals surface area contributed by atoms with E-state index in [1.807, 2.05) is 18.4 Å². The molecular weight excluding hydrogens is 178 g/mol. The fraction of sp³-hybridized carbons (Fsp3) is 0.222. The Bertz CT molecular complexity index is 460. The maximum absolute atomic E-state index is 5.50. The van der Waals surface area contributed by atoms with Crippen molar-refractivity contribution in [3.05, 3.63) is 30.0 Å². The van der Waals surface area contributed by atoms with Crippen LogP contribution in [-0.4, -0.2) is 19.5 Å². The van der Waals surface area contributed by atoms with Gasteiger partial charge in [0.05, 0.1) is 5.69 Å². The first-order valence-electron chi connectivity index (χ1n) is 4.28. The summed E-state index contributed by atoms with van der Waals surface area (Å²) in [4.78, 5) is 12.1. The monoisotopic (exact) mass is 189 g/mol. The molecule has 2 aromatic heterocycles. The normalized spacial score (nSPS) is 10.4. The minimum atomic E-state index is 0.272. The Morgan fingerprint density at radius 2 is 2.07 bits per heavy atom. The number of aromatic nitrogens is 4. The molecule has 0 fully saturated rings. The summed E-state index contributed by atoms with van der Waals surface area (Å²) in [6, 6.07) is 1.80. The van der Waals surface area contributed by atoms with Crippen LogP contribution in [0.1, 0.15) is 11.4 Å². The summed E-state index contributed by atoms with van der Waals surface area (Å²) in [5, 5.41) is 0. The van der Waals surface area contributed by atoms with Crippen molar-refractivity contribution in [1.82, 2.24) is 19.5 Å². The van der Waals surface area contributed by atoms with E-state index in [2.05, 4.69) is 15.0 Å². The zero-order valence-electron chi connectivity index (χ0n) is 8.10. The highest BCUT2D eigenvalue weighted by molar-refractivity contribution is 5.31. The quantitative estimate of drug-likeness (QED) is 0.722. The molecule has 0 spiro atoms. The molecule has 0 unspecified atom stereocenters. The van der Waals surface area contributed by atoms with Gasteiger partial charge in [0.2, 0.25) is 5.95 Å². The summed E-state index contributed by atoms with van der Waals surface area (Å²) in [7, 11) is 0. The second-order valence-electron chi connectivity index (χ2n) is 3.06. The van der Waals surface area contributed by atoms with Crippen molar-refractivity contribution in [3.8, 4) is 5.82 Å². The number of nitrogen functional groups attached to an aromatic ring is 1. The number of aryl methyl sites for hydroxylation is 1. The molecule has 5 heteroatoms. The third kappa shape index (κ3) is 1.32. The van der Waals surface area contributed by atoms with Gasteiger partial charge in [-0.15, -0.1) is 0 Å². The summed E-state index contributed by atoms with van der Waals surface area (Å²) in [5.41, 5.74) is 7.54. The van der Waals surface area contributed by atoms with E-state index in [4.69, 9.17) is 5.73 Å². The fourth-order valence-electron chi connectivity index (χ4n) is 1.23. The summed E-state index contributed by atoms with van der Waals surface area (Å²) >= 11 is 0. The first-order valence-corrected chi connectivity index (χ1v) is 4.28. The average Bonchev–Trinajstić information content (AvgIpc) is 2.48. The molecule has 72 valence electrons. The van der Waals surface area contributed by atoms with Crippen LogP contribution in [-0.2, 0) is 0 Å². The molecule has 2 aromatic rings. The number of imidazole rings is 1. The third-order valence-corrected chi connectivity index (χ3v) is 2.16. The van der Waals surface area contributed by atoms with Crippen LogP contribution in [0.2, 0.25) is 0 Å². The Kier molecular flexibility index (Phi) is 1.92. The molecule has 0 aliphatic heterocycles. The van der Waals surface area contributed by atoms with Crippen molar-refractivity contribution in [2.24, 2.45) is 0 Å². The van der Waals surface area contributed by atoms with Crippen LogP contribution in [0, 0.1) is 13.8 Å². The Morgan fingerprint density at radius 1 is 1.29 bits per heavy atom. The van der Waals surface area contributed by atoms with E-state index in [-0.39, 0.29) is 5.95 Å². The second-order valence-corrected chi connectivity index (χ2v) is 3.06. The number of anilines is 1. The van der Waals surface area contributed by atoms with Gasteiger partial charge in [-0.05, 0) is 19.9 Å². The number of rotatable bonds is 1. The van der Waals surface area contributed by atoms with Gasteiger partial charge in [-0.3, -0.25) is 4.57 Å². The van der Waals surface area contributed by atoms with Gasteiger partial charge in [0.1, 0.15) is 12.1 Å². The molecule has 0 aliphatic carbocycles. The van der Waals surface area contributed by atoms with E-state index in [9.17, 15) is 0 Å². The van der Waals surface area contributed by atoms with Crippen LogP contribution in [0.5, 0.6) is 0 Å². The molecule has 2 N–H and O–H groups in total. The molecule has 2 rings (SSSR count). The molecule has 0 radical (unpaired) electrons. The minimum Gasteiger partial charge on any atom is -0.368 e. The molecule has 0 saturated carbocycles. The Morgan fingerprint density at radius 3 is 2.64 bits per heavy atom. The lowest BCUT2D eigenvalue weighted by atomic mass is 10.4. The summed E-state index contributed by atoms with van der Waals surface area (Å²) in [6.45, 7) is 3.94. The molecule has 0 saturated heterocycles. The summed E-state index contributed by atoms with van der Waals surface area (Å²) in [6.07, 6.45) is 3.36. The maximum Gasteiger partial charge on any atom is 0.221 e. The number of nitrogens with zero attached hydrogens (tertiary/aromatic N) is 4. The Hall–Kier alpha value is -1.91. The van der Waals surface area contributed by atoms with E-state index in [1.54, 1.807) is 18.6 Å². The van der Waals surface area contributed by atoms with Crippen molar-refractivity contribution in [2.75, 3.05) is 5.73 Å². The molecule has 0 amide bonds. The summed E-state index contributed by atoms with van der Waals surface area (Å²) in [5.74, 6) is 1.02. The highest BCUT2D eigenvalue weighted by atomic mass is 15.1. The van der Waals surface area contributed by atoms with E-state index in [0.29, 0.717) is 0 Å². The Balaban J connectivity index is 2.55. The van der Waals surface area contributed by atoms with Gasteiger partial charge < -0.3 is 5.73 Å². The standard InChI is InChI=1S/C9H11N5/c1-6-7(2)14(5-12-6)8-3-4-11-9(10)13-8/h3-5H,1-2H3,(H2,10,11,13). The van der Waals surface area contributed by atoms with E-state index < -0.39 is 0 Å². The van der Waals surface area contributed by atoms with Crippen LogP contribution in [0.15, 0.2) is 18.6 Å². The highest BCUT2D eigenvalue weighted by Crippen LogP contribution is 2.11. The second kappa shape index (κ2) is 3.10. The molecular formula is C9H11N5. The largest absolute Gasteiger partial charge is 0.368 e. The van der Waals surface area contributed by atoms with Crippen molar-refractivity contribution < 1.29 is 0 Å². The van der Waals surface area contributed by atoms with Crippen molar-refractivity contribution in [3.63, 3.8) is 0 Å². The number of hydrogen-bond acceptors (Lipinski definition) is 4. The number of hydrogen-bond donors (Lipinski definition) is 1. The van der Waals surface area contributed by atoms with Crippen molar-refractivity contribution >= 4 is 5.95 Å². The molecule has 14 heavy (non-hydrogen) atoms. The number of nitrogens with two attached hydrogens (primary N) is 1.